The van der Waals surface area contributed by atoms with Gasteiger partial charge in [0.2, 0.25) is 0 Å². The normalized spacial score (nSPS) is 16.7. The predicted molar refractivity (Wildman–Crippen MR) is 135 cm³/mol. The molecule has 4 heterocycles. The number of hydrogen-bond acceptors (Lipinski definition) is 12. The van der Waals surface area contributed by atoms with Crippen molar-refractivity contribution in [3.8, 4) is 28.7 Å². The number of fused-ring (bicyclic) bond motifs is 2. The Labute approximate surface area is 220 Å². The van der Waals surface area contributed by atoms with Crippen LogP contribution in [0.5, 0.6) is 28.7 Å². The van der Waals surface area contributed by atoms with Crippen LogP contribution in [0.4, 0.5) is 5.82 Å². The molecule has 2 atom stereocenters. The van der Waals surface area contributed by atoms with Gasteiger partial charge in [-0.25, -0.2) is 15.0 Å². The van der Waals surface area contributed by atoms with E-state index < -0.39 is 12.2 Å². The molecule has 0 saturated heterocycles. The molecule has 14 nitrogen and oxygen atoms in total. The Hall–Kier alpha value is -5.11. The van der Waals surface area contributed by atoms with Crippen molar-refractivity contribution in [3.05, 3.63) is 66.0 Å². The van der Waals surface area contributed by atoms with Gasteiger partial charge >= 0.3 is 0 Å². The van der Waals surface area contributed by atoms with Gasteiger partial charge in [-0.2, -0.15) is 0 Å². The maximum Gasteiger partial charge on any atom is 0.165 e. The molecule has 0 fully saturated rings. The van der Waals surface area contributed by atoms with Crippen LogP contribution in [0.3, 0.4) is 0 Å². The number of nitrogens with two attached hydrogens (primary N) is 1. The molecule has 0 spiro atoms. The number of aryl methyl sites for hydroxylation is 2. The lowest BCUT2D eigenvalue weighted by Crippen LogP contribution is -2.33. The van der Waals surface area contributed by atoms with Crippen molar-refractivity contribution >= 4 is 17.0 Å². The zero-order valence-corrected chi connectivity index (χ0v) is 20.4. The molecule has 3 aromatic heterocycles. The van der Waals surface area contributed by atoms with Gasteiger partial charge in [0.25, 0.3) is 0 Å². The number of benzene rings is 2. The highest BCUT2D eigenvalue weighted by Crippen LogP contribution is 2.43. The highest BCUT2D eigenvalue weighted by molar-refractivity contribution is 5.81. The maximum absolute atomic E-state index is 10.4. The van der Waals surface area contributed by atoms with Crippen LogP contribution in [0.2, 0.25) is 0 Å². The molecular weight excluding hydrogens is 508 g/mol. The van der Waals surface area contributed by atoms with E-state index in [0.29, 0.717) is 52.6 Å². The zero-order valence-electron chi connectivity index (χ0n) is 20.4. The standard InChI is InChI=1S/C25H24N8O6/c26-24-22-25(28-11-27-24)32(12-29-22)3-4-33-9-14(30-31-33)10-38-21-8-16-18(36)6-15(34)7-20(16)39-23(21)13-1-2-17(35)19(37)5-13/h1-2,5-7,9,11-12,21,23,34-37H,3-4,8,10H2,(H2,26,27,28)/t21-,23-/m1/s1. The summed E-state index contributed by atoms with van der Waals surface area (Å²) in [5, 5.41) is 48.4. The molecule has 39 heavy (non-hydrogen) atoms. The number of imidazole rings is 1. The molecule has 0 bridgehead atoms. The summed E-state index contributed by atoms with van der Waals surface area (Å²) in [5.74, 6) is -0.208. The van der Waals surface area contributed by atoms with Gasteiger partial charge in [0.15, 0.2) is 29.1 Å². The number of aromatic hydroxyl groups is 4. The van der Waals surface area contributed by atoms with Gasteiger partial charge in [-0.3, -0.25) is 4.68 Å². The van der Waals surface area contributed by atoms with Crippen molar-refractivity contribution in [3.63, 3.8) is 0 Å². The number of nitrogen functional groups attached to an aromatic ring is 1. The highest BCUT2D eigenvalue weighted by atomic mass is 16.5. The van der Waals surface area contributed by atoms with Crippen LogP contribution in [0, 0.1) is 0 Å². The number of anilines is 1. The van der Waals surface area contributed by atoms with Gasteiger partial charge in [0.1, 0.15) is 40.9 Å². The van der Waals surface area contributed by atoms with E-state index in [1.54, 1.807) is 23.3 Å². The van der Waals surface area contributed by atoms with Crippen molar-refractivity contribution in [2.24, 2.45) is 0 Å². The third-order valence-electron chi connectivity index (χ3n) is 6.53. The number of rotatable bonds is 7. The Kier molecular flexibility index (Phi) is 5.99. The third kappa shape index (κ3) is 4.68. The molecule has 0 radical (unpaired) electrons. The van der Waals surface area contributed by atoms with Crippen LogP contribution in [-0.2, 0) is 30.9 Å². The number of phenols is 4. The Bertz CT molecular complexity index is 1670. The van der Waals surface area contributed by atoms with Gasteiger partial charge in [-0.1, -0.05) is 11.3 Å². The largest absolute Gasteiger partial charge is 0.508 e. The lowest BCUT2D eigenvalue weighted by molar-refractivity contribution is -0.0476. The number of nitrogens with zero attached hydrogens (tertiary/aromatic N) is 7. The van der Waals surface area contributed by atoms with E-state index in [2.05, 4.69) is 25.3 Å². The molecule has 0 amide bonds. The predicted octanol–water partition coefficient (Wildman–Crippen LogP) is 1.78. The Balaban J connectivity index is 1.17. The van der Waals surface area contributed by atoms with Gasteiger partial charge in [0.05, 0.1) is 25.7 Å². The van der Waals surface area contributed by atoms with Crippen molar-refractivity contribution in [2.75, 3.05) is 5.73 Å². The smallest absolute Gasteiger partial charge is 0.165 e. The Morgan fingerprint density at radius 3 is 2.72 bits per heavy atom. The molecule has 5 aromatic rings. The molecule has 1 aliphatic rings. The molecule has 200 valence electrons. The van der Waals surface area contributed by atoms with Gasteiger partial charge < -0.3 is 40.2 Å². The summed E-state index contributed by atoms with van der Waals surface area (Å²) in [6, 6.07) is 7.00. The number of ether oxygens (including phenoxy) is 2. The fourth-order valence-electron chi connectivity index (χ4n) is 4.57. The molecule has 6 rings (SSSR count). The van der Waals surface area contributed by atoms with Crippen LogP contribution < -0.4 is 10.5 Å². The first kappa shape index (κ1) is 24.2. The maximum atomic E-state index is 10.4. The van der Waals surface area contributed by atoms with Crippen molar-refractivity contribution in [2.45, 2.75) is 38.3 Å². The lowest BCUT2D eigenvalue weighted by Gasteiger charge is -2.34. The summed E-state index contributed by atoms with van der Waals surface area (Å²) in [6.07, 6.45) is 3.77. The van der Waals surface area contributed by atoms with Crippen LogP contribution in [-0.4, -0.2) is 61.0 Å². The lowest BCUT2D eigenvalue weighted by atomic mass is 9.93. The quantitative estimate of drug-likeness (QED) is 0.191. The number of hydrogen-bond donors (Lipinski definition) is 5. The van der Waals surface area contributed by atoms with Crippen LogP contribution >= 0.6 is 0 Å². The Morgan fingerprint density at radius 1 is 1.00 bits per heavy atom. The number of aromatic nitrogens is 7. The number of phenolic OH excluding ortho intramolecular Hbond substituents is 4. The molecule has 0 saturated carbocycles. The summed E-state index contributed by atoms with van der Waals surface area (Å²) in [5.41, 5.74) is 8.63. The molecule has 0 aliphatic carbocycles. The van der Waals surface area contributed by atoms with Crippen LogP contribution in [0.15, 0.2) is 49.2 Å². The average Bonchev–Trinajstić information content (AvgIpc) is 3.55. The second kappa shape index (κ2) is 9.64. The topological polar surface area (TPSA) is 200 Å². The second-order valence-corrected chi connectivity index (χ2v) is 9.12. The summed E-state index contributed by atoms with van der Waals surface area (Å²) in [6.45, 7) is 1.12. The first-order chi connectivity index (χ1) is 18.9. The first-order valence-corrected chi connectivity index (χ1v) is 12.0. The summed E-state index contributed by atoms with van der Waals surface area (Å²) in [4.78, 5) is 12.4. The van der Waals surface area contributed by atoms with E-state index in [0.717, 1.165) is 0 Å². The summed E-state index contributed by atoms with van der Waals surface area (Å²) >= 11 is 0. The van der Waals surface area contributed by atoms with Gasteiger partial charge in [0, 0.05) is 30.7 Å². The second-order valence-electron chi connectivity index (χ2n) is 9.12. The minimum atomic E-state index is -0.704. The van der Waals surface area contributed by atoms with E-state index in [-0.39, 0.29) is 36.0 Å². The zero-order chi connectivity index (χ0) is 27.1. The van der Waals surface area contributed by atoms with E-state index >= 15 is 0 Å². The minimum absolute atomic E-state index is 0.0978. The van der Waals surface area contributed by atoms with Crippen LogP contribution in [0.1, 0.15) is 22.9 Å². The molecular formula is C25H24N8O6. The van der Waals surface area contributed by atoms with E-state index in [1.165, 1.54) is 30.6 Å². The highest BCUT2D eigenvalue weighted by Gasteiger charge is 2.35. The SMILES string of the molecule is Nc1ncnc2c1ncn2CCn1cc(CO[C@@H]2Cc3c(O)cc(O)cc3O[C@@H]2c2ccc(O)c(O)c2)nn1. The van der Waals surface area contributed by atoms with E-state index in [4.69, 9.17) is 15.2 Å². The van der Waals surface area contributed by atoms with Gasteiger partial charge in [-0.15, -0.1) is 5.10 Å². The van der Waals surface area contributed by atoms with Crippen molar-refractivity contribution in [1.29, 1.82) is 0 Å². The average molecular weight is 533 g/mol. The molecule has 1 aliphatic heterocycles. The van der Waals surface area contributed by atoms with Crippen molar-refractivity contribution < 1.29 is 29.9 Å². The minimum Gasteiger partial charge on any atom is -0.508 e. The molecule has 14 heteroatoms. The van der Waals surface area contributed by atoms with Crippen molar-refractivity contribution in [1.82, 2.24) is 34.5 Å². The Morgan fingerprint density at radius 2 is 1.87 bits per heavy atom. The fraction of sp³-hybridized carbons (Fsp3) is 0.240. The molecule has 2 aromatic carbocycles. The fourth-order valence-corrected chi connectivity index (χ4v) is 4.57. The first-order valence-electron chi connectivity index (χ1n) is 12.0. The van der Waals surface area contributed by atoms with Gasteiger partial charge in [-0.05, 0) is 17.7 Å². The summed E-state index contributed by atoms with van der Waals surface area (Å²) in [7, 11) is 0. The monoisotopic (exact) mass is 532 g/mol. The molecule has 6 N–H and O–H groups in total. The summed E-state index contributed by atoms with van der Waals surface area (Å²) < 4.78 is 15.8. The van der Waals surface area contributed by atoms with E-state index in [1.807, 2.05) is 4.57 Å². The van der Waals surface area contributed by atoms with E-state index in [9.17, 15) is 20.4 Å². The molecule has 0 unspecified atom stereocenters. The van der Waals surface area contributed by atoms with Crippen LogP contribution in [0.25, 0.3) is 11.2 Å². The third-order valence-corrected chi connectivity index (χ3v) is 6.53.